The molecule has 5 rings (SSSR count). The molecule has 0 radical (unpaired) electrons. The molecule has 3 aromatic rings. The van der Waals surface area contributed by atoms with E-state index in [1.807, 2.05) is 53.4 Å². The van der Waals surface area contributed by atoms with Gasteiger partial charge in [-0.25, -0.2) is 0 Å². The lowest BCUT2D eigenvalue weighted by Crippen LogP contribution is -2.47. The Kier molecular flexibility index (Phi) is 4.76. The van der Waals surface area contributed by atoms with Crippen LogP contribution in [-0.2, 0) is 10.3 Å². The van der Waals surface area contributed by atoms with Crippen molar-refractivity contribution in [1.29, 1.82) is 0 Å². The minimum atomic E-state index is -0.539. The molecule has 0 saturated carbocycles. The maximum atomic E-state index is 13.5. The van der Waals surface area contributed by atoms with Gasteiger partial charge in [0.15, 0.2) is 11.5 Å². The van der Waals surface area contributed by atoms with Crippen molar-refractivity contribution >= 4 is 50.6 Å². The summed E-state index contributed by atoms with van der Waals surface area (Å²) in [6, 6.07) is 13.7. The van der Waals surface area contributed by atoms with Crippen LogP contribution in [-0.4, -0.2) is 19.1 Å². The number of hydrogen-bond donors (Lipinski definition) is 0. The highest BCUT2D eigenvalue weighted by molar-refractivity contribution is 7.80. The van der Waals surface area contributed by atoms with Crippen molar-refractivity contribution in [3.63, 3.8) is 0 Å². The molecule has 0 unspecified atom stereocenters. The van der Waals surface area contributed by atoms with Gasteiger partial charge in [-0.1, -0.05) is 63.2 Å². The number of rotatable bonds is 2. The molecule has 1 aromatic heterocycles. The van der Waals surface area contributed by atoms with E-state index in [9.17, 15) is 4.79 Å². The monoisotopic (exact) mass is 453 g/mol. The second-order valence-corrected chi connectivity index (χ2v) is 10.5. The zero-order valence-corrected chi connectivity index (χ0v) is 19.0. The summed E-state index contributed by atoms with van der Waals surface area (Å²) in [5.74, 6) is 1.27. The average molecular weight is 454 g/mol. The highest BCUT2D eigenvalue weighted by atomic mass is 32.9. The number of nitrogens with zero attached hydrogens (tertiary/aromatic N) is 1. The van der Waals surface area contributed by atoms with Gasteiger partial charge >= 0.3 is 0 Å². The van der Waals surface area contributed by atoms with Crippen molar-refractivity contribution < 1.29 is 14.3 Å². The fraction of sp³-hybridized carbons (Fsp3) is 0.217. The molecule has 3 heterocycles. The molecule has 152 valence electrons. The predicted octanol–water partition coefficient (Wildman–Crippen LogP) is 6.27. The summed E-state index contributed by atoms with van der Waals surface area (Å²) >= 11 is 5.66. The van der Waals surface area contributed by atoms with Crippen LogP contribution in [0.15, 0.2) is 48.5 Å². The van der Waals surface area contributed by atoms with E-state index in [0.29, 0.717) is 24.7 Å². The number of carbonyl (C=O) groups is 1. The zero-order chi connectivity index (χ0) is 20.9. The van der Waals surface area contributed by atoms with Crippen LogP contribution in [0, 0.1) is 3.82 Å². The Morgan fingerprint density at radius 1 is 1.10 bits per heavy atom. The summed E-state index contributed by atoms with van der Waals surface area (Å²) in [5, 5.41) is 0. The lowest BCUT2D eigenvalue weighted by Gasteiger charge is -2.42. The molecule has 0 aliphatic carbocycles. The molecule has 30 heavy (non-hydrogen) atoms. The molecule has 0 bridgehead atoms. The third-order valence-corrected chi connectivity index (χ3v) is 8.69. The van der Waals surface area contributed by atoms with Gasteiger partial charge in [-0.2, -0.15) is 0 Å². The van der Waals surface area contributed by atoms with Gasteiger partial charge in [-0.3, -0.25) is 9.69 Å². The topological polar surface area (TPSA) is 38.8 Å². The normalized spacial score (nSPS) is 16.3. The minimum Gasteiger partial charge on any atom is -0.486 e. The van der Waals surface area contributed by atoms with E-state index in [1.54, 1.807) is 26.8 Å². The first-order valence-electron chi connectivity index (χ1n) is 9.62. The molecule has 0 fully saturated rings. The Morgan fingerprint density at radius 2 is 1.80 bits per heavy atom. The number of anilines is 1. The van der Waals surface area contributed by atoms with Crippen molar-refractivity contribution in [3.8, 4) is 22.6 Å². The molecule has 7 heteroatoms. The molecule has 2 aromatic carbocycles. The van der Waals surface area contributed by atoms with E-state index >= 15 is 0 Å². The summed E-state index contributed by atoms with van der Waals surface area (Å²) in [5.41, 5.74) is 3.21. The number of hydrogen-bond acceptors (Lipinski definition) is 6. The molecule has 1 amide bonds. The van der Waals surface area contributed by atoms with Gasteiger partial charge in [-0.05, 0) is 31.6 Å². The summed E-state index contributed by atoms with van der Waals surface area (Å²) in [4.78, 5) is 16.4. The van der Waals surface area contributed by atoms with Gasteiger partial charge in [0.25, 0.3) is 5.91 Å². The smallest absolute Gasteiger partial charge is 0.251 e. The number of ether oxygens (including phenoxy) is 2. The first-order valence-corrected chi connectivity index (χ1v) is 12.2. The maximum Gasteiger partial charge on any atom is 0.251 e. The van der Waals surface area contributed by atoms with Crippen molar-refractivity contribution in [2.45, 2.75) is 19.4 Å². The van der Waals surface area contributed by atoms with Gasteiger partial charge < -0.3 is 9.47 Å². The van der Waals surface area contributed by atoms with Crippen LogP contribution >= 0.6 is 32.9 Å². The number of benzene rings is 2. The van der Waals surface area contributed by atoms with Gasteiger partial charge in [0.1, 0.15) is 17.0 Å². The van der Waals surface area contributed by atoms with Crippen LogP contribution in [0.1, 0.15) is 24.3 Å². The Morgan fingerprint density at radius 3 is 2.53 bits per heavy atom. The van der Waals surface area contributed by atoms with Crippen LogP contribution < -0.4 is 14.4 Å². The van der Waals surface area contributed by atoms with Gasteiger partial charge in [0, 0.05) is 23.3 Å². The Hall–Kier alpha value is -2.48. The minimum absolute atomic E-state index is 0.0863. The Balaban J connectivity index is 1.67. The highest BCUT2D eigenvalue weighted by Crippen LogP contribution is 2.54. The van der Waals surface area contributed by atoms with E-state index < -0.39 is 5.54 Å². The molecule has 2 aliphatic heterocycles. The average Bonchev–Trinajstić information content (AvgIpc) is 3.14. The van der Waals surface area contributed by atoms with Crippen molar-refractivity contribution in [1.82, 2.24) is 0 Å². The fourth-order valence-corrected chi connectivity index (χ4v) is 7.24. The molecule has 4 nitrogen and oxygen atoms in total. The lowest BCUT2D eigenvalue weighted by molar-refractivity contribution is -0.115. The van der Waals surface area contributed by atoms with E-state index in [2.05, 4.69) is 13.8 Å². The maximum absolute atomic E-state index is 13.5. The van der Waals surface area contributed by atoms with Crippen LogP contribution in [0.25, 0.3) is 17.2 Å². The third kappa shape index (κ3) is 3.09. The molecule has 0 saturated heterocycles. The molecule has 0 N–H and O–H groups in total. The first-order chi connectivity index (χ1) is 14.5. The summed E-state index contributed by atoms with van der Waals surface area (Å²) in [7, 11) is 3.22. The molecule has 0 spiro atoms. The summed E-state index contributed by atoms with van der Waals surface area (Å²) < 4.78 is 12.5. The van der Waals surface area contributed by atoms with E-state index in [4.69, 9.17) is 21.7 Å². The predicted molar refractivity (Wildman–Crippen MR) is 125 cm³/mol. The highest BCUT2D eigenvalue weighted by Gasteiger charge is 2.43. The SMILES string of the molecule is CC1(C)c2ssc(=S)c2-c2cc3c(cc2N1C(=O)/C=C/c1ccccc1)OCCO3. The number of fused-ring (bicyclic) bond motifs is 4. The Bertz CT molecular complexity index is 1220. The molecule has 0 atom stereocenters. The van der Waals surface area contributed by atoms with Crippen molar-refractivity contribution in [3.05, 3.63) is 62.8 Å². The quantitative estimate of drug-likeness (QED) is 0.260. The molecular formula is C23H19NO3S3. The second-order valence-electron chi connectivity index (χ2n) is 7.65. The summed E-state index contributed by atoms with van der Waals surface area (Å²) in [6.07, 6.45) is 3.48. The van der Waals surface area contributed by atoms with Gasteiger partial charge in [0.2, 0.25) is 0 Å². The van der Waals surface area contributed by atoms with Crippen molar-refractivity contribution in [2.75, 3.05) is 18.1 Å². The van der Waals surface area contributed by atoms with E-state index in [1.165, 1.54) is 0 Å². The number of carbonyl (C=O) groups excluding carboxylic acids is 1. The molecular weight excluding hydrogens is 434 g/mol. The zero-order valence-electron chi connectivity index (χ0n) is 16.5. The number of amides is 1. The van der Waals surface area contributed by atoms with Crippen LogP contribution in [0.3, 0.4) is 0 Å². The summed E-state index contributed by atoms with van der Waals surface area (Å²) in [6.45, 7) is 5.14. The van der Waals surface area contributed by atoms with Gasteiger partial charge in [0.05, 0.1) is 16.1 Å². The third-order valence-electron chi connectivity index (χ3n) is 5.36. The van der Waals surface area contributed by atoms with Crippen molar-refractivity contribution in [2.24, 2.45) is 0 Å². The molecule has 2 aliphatic rings. The lowest BCUT2D eigenvalue weighted by atomic mass is 9.87. The van der Waals surface area contributed by atoms with Gasteiger partial charge in [-0.15, -0.1) is 0 Å². The first kappa shape index (κ1) is 19.5. The standard InChI is InChI=1S/C23H19NO3S3/c1-23(2)21-20(22(28)30-29-21)15-12-17-18(27-11-10-26-17)13-16(15)24(23)19(25)9-8-14-6-4-3-5-7-14/h3-9,12-13H,10-11H2,1-2H3/b9-8+. The van der Waals surface area contributed by atoms with E-state index in [0.717, 1.165) is 31.1 Å². The Labute approximate surface area is 187 Å². The van der Waals surface area contributed by atoms with Crippen LogP contribution in [0.5, 0.6) is 11.5 Å². The van der Waals surface area contributed by atoms with Crippen LogP contribution in [0.4, 0.5) is 5.69 Å². The van der Waals surface area contributed by atoms with Crippen LogP contribution in [0.2, 0.25) is 0 Å². The van der Waals surface area contributed by atoms with E-state index in [-0.39, 0.29) is 5.91 Å². The fourth-order valence-electron chi connectivity index (χ4n) is 3.96. The second kappa shape index (κ2) is 7.34. The largest absolute Gasteiger partial charge is 0.486 e.